The summed E-state index contributed by atoms with van der Waals surface area (Å²) in [7, 11) is 0. The highest BCUT2D eigenvalue weighted by Crippen LogP contribution is 2.36. The molecule has 2 N–H and O–H groups in total. The monoisotopic (exact) mass is 511 g/mol. The van der Waals surface area contributed by atoms with Crippen molar-refractivity contribution in [3.63, 3.8) is 0 Å². The van der Waals surface area contributed by atoms with Gasteiger partial charge in [0.1, 0.15) is 11.4 Å². The quantitative estimate of drug-likeness (QED) is 0.389. The molecule has 11 nitrogen and oxygen atoms in total. The van der Waals surface area contributed by atoms with Crippen LogP contribution in [-0.4, -0.2) is 61.0 Å². The predicted molar refractivity (Wildman–Crippen MR) is 112 cm³/mol. The maximum Gasteiger partial charge on any atom is 0.573 e. The zero-order valence-electron chi connectivity index (χ0n) is 17.8. The largest absolute Gasteiger partial charge is 0.573 e. The molecule has 188 valence electrons. The Morgan fingerprint density at radius 2 is 1.97 bits per heavy atom. The van der Waals surface area contributed by atoms with Gasteiger partial charge >= 0.3 is 18.0 Å². The number of aromatic nitrogens is 6. The number of nitrogens with one attached hydrogen (secondary N) is 2. The molecule has 0 amide bonds. The average Bonchev–Trinajstić information content (AvgIpc) is 3.37. The Morgan fingerprint density at radius 1 is 1.17 bits per heavy atom. The van der Waals surface area contributed by atoms with Crippen molar-refractivity contribution >= 4 is 11.3 Å². The topological polar surface area (TPSA) is 130 Å². The highest BCUT2D eigenvalue weighted by Gasteiger charge is 2.51. The van der Waals surface area contributed by atoms with Gasteiger partial charge in [-0.1, -0.05) is 0 Å². The van der Waals surface area contributed by atoms with E-state index in [2.05, 4.69) is 29.8 Å². The van der Waals surface area contributed by atoms with Crippen LogP contribution >= 0.6 is 0 Å². The second-order valence-corrected chi connectivity index (χ2v) is 7.72. The van der Waals surface area contributed by atoms with E-state index >= 15 is 0 Å². The molecule has 1 atom stereocenters. The van der Waals surface area contributed by atoms with E-state index in [1.807, 2.05) is 0 Å². The van der Waals surface area contributed by atoms with Crippen molar-refractivity contribution in [2.75, 3.05) is 18.0 Å². The number of fused-ring (bicyclic) bond motifs is 1. The molecule has 0 aromatic carbocycles. The molecule has 1 aliphatic rings. The van der Waals surface area contributed by atoms with Crippen LogP contribution in [0.1, 0.15) is 0 Å². The fraction of sp³-hybridized carbons (Fsp3) is 0.250. The third-order valence-electron chi connectivity index (χ3n) is 5.24. The van der Waals surface area contributed by atoms with Gasteiger partial charge in [-0.2, -0.15) is 5.10 Å². The summed E-state index contributed by atoms with van der Waals surface area (Å²) in [6, 6.07) is 3.26. The van der Waals surface area contributed by atoms with E-state index in [0.29, 0.717) is 6.20 Å². The first-order valence-electron chi connectivity index (χ1n) is 10.2. The fourth-order valence-corrected chi connectivity index (χ4v) is 3.70. The van der Waals surface area contributed by atoms with Crippen molar-refractivity contribution in [2.45, 2.75) is 18.4 Å². The fourth-order valence-electron chi connectivity index (χ4n) is 3.70. The average molecular weight is 511 g/mol. The number of H-pyrrole nitrogens is 2. The Labute approximate surface area is 196 Å². The van der Waals surface area contributed by atoms with E-state index in [1.54, 1.807) is 0 Å². The van der Waals surface area contributed by atoms with Gasteiger partial charge in [-0.3, -0.25) is 9.78 Å². The lowest BCUT2D eigenvalue weighted by Gasteiger charge is -2.19. The lowest BCUT2D eigenvalue weighted by atomic mass is 10.2. The minimum Gasteiger partial charge on any atom is -0.466 e. The van der Waals surface area contributed by atoms with Crippen molar-refractivity contribution in [3.05, 3.63) is 63.8 Å². The molecule has 1 saturated heterocycles. The molecule has 0 bridgehead atoms. The summed E-state index contributed by atoms with van der Waals surface area (Å²) in [5.74, 6) is -4.33. The van der Waals surface area contributed by atoms with Crippen LogP contribution in [0, 0.1) is 0 Å². The predicted octanol–water partition coefficient (Wildman–Crippen LogP) is 1.97. The Kier molecular flexibility index (Phi) is 5.37. The maximum absolute atomic E-state index is 14.9. The summed E-state index contributed by atoms with van der Waals surface area (Å²) in [6.45, 7) is -1.13. The lowest BCUT2D eigenvalue weighted by Crippen LogP contribution is -2.36. The van der Waals surface area contributed by atoms with Crippen molar-refractivity contribution in [1.29, 1.82) is 0 Å². The smallest absolute Gasteiger partial charge is 0.466 e. The van der Waals surface area contributed by atoms with E-state index in [1.165, 1.54) is 27.9 Å². The van der Waals surface area contributed by atoms with Gasteiger partial charge in [-0.15, -0.1) is 13.2 Å². The summed E-state index contributed by atoms with van der Waals surface area (Å²) < 4.78 is 77.0. The molecule has 5 rings (SSSR count). The molecule has 0 radical (unpaired) electrons. The number of anilines is 1. The summed E-state index contributed by atoms with van der Waals surface area (Å²) >= 11 is 0. The standard InChI is InChI=1S/C20H14F5N7O4/c21-19(22)9-31(8-14(19)35-15-2-1-10(6-27-15)36-20(23,24)25)13-5-12(30-32-4-3-26-16(13)32)11-7-28-18(34)29-17(11)33/h1-7,14H,8-9H2,(H2,28,29,33,34)/t14-/m0/s1. The van der Waals surface area contributed by atoms with Crippen LogP contribution in [0.4, 0.5) is 27.6 Å². The SMILES string of the molecule is O=c1[nH]cc(-c2cc(N3C[C@H](Oc4ccc(OC(F)(F)F)cn4)C(F)(F)C3)c3nccn3n2)c(=O)[nH]1. The molecular formula is C20H14F5N7O4. The highest BCUT2D eigenvalue weighted by molar-refractivity contribution is 5.74. The number of hydrogen-bond acceptors (Lipinski definition) is 8. The van der Waals surface area contributed by atoms with Gasteiger partial charge in [0.2, 0.25) is 5.88 Å². The van der Waals surface area contributed by atoms with E-state index in [0.717, 1.165) is 18.3 Å². The zero-order valence-corrected chi connectivity index (χ0v) is 17.8. The van der Waals surface area contributed by atoms with Gasteiger partial charge in [0, 0.05) is 24.7 Å². The molecule has 1 aliphatic heterocycles. The normalized spacial score (nSPS) is 17.5. The van der Waals surface area contributed by atoms with Crippen LogP contribution in [-0.2, 0) is 0 Å². The first-order valence-corrected chi connectivity index (χ1v) is 10.2. The minimum atomic E-state index is -4.93. The number of pyridine rings is 1. The number of hydrogen-bond donors (Lipinski definition) is 2. The molecule has 5 heterocycles. The second-order valence-electron chi connectivity index (χ2n) is 7.72. The number of aromatic amines is 2. The third-order valence-corrected chi connectivity index (χ3v) is 5.24. The summed E-state index contributed by atoms with van der Waals surface area (Å²) in [6.07, 6.45) is -1.92. The number of ether oxygens (including phenoxy) is 2. The lowest BCUT2D eigenvalue weighted by molar-refractivity contribution is -0.274. The molecule has 4 aromatic rings. The molecule has 1 fully saturated rings. The second kappa shape index (κ2) is 8.31. The molecular weight excluding hydrogens is 497 g/mol. The van der Waals surface area contributed by atoms with Gasteiger partial charge < -0.3 is 19.4 Å². The summed E-state index contributed by atoms with van der Waals surface area (Å²) in [4.78, 5) is 37.0. The van der Waals surface area contributed by atoms with Crippen LogP contribution in [0.15, 0.2) is 52.6 Å². The Morgan fingerprint density at radius 3 is 2.67 bits per heavy atom. The molecule has 36 heavy (non-hydrogen) atoms. The van der Waals surface area contributed by atoms with Crippen molar-refractivity contribution in [2.24, 2.45) is 0 Å². The molecule has 16 heteroatoms. The van der Waals surface area contributed by atoms with Crippen molar-refractivity contribution in [1.82, 2.24) is 29.5 Å². The zero-order chi connectivity index (χ0) is 25.7. The van der Waals surface area contributed by atoms with Gasteiger partial charge in [-0.25, -0.2) is 28.1 Å². The van der Waals surface area contributed by atoms with Gasteiger partial charge in [0.25, 0.3) is 5.56 Å². The van der Waals surface area contributed by atoms with Crippen LogP contribution in [0.25, 0.3) is 16.9 Å². The van der Waals surface area contributed by atoms with E-state index in [4.69, 9.17) is 4.74 Å². The van der Waals surface area contributed by atoms with Crippen LogP contribution < -0.4 is 25.6 Å². The number of imidazole rings is 1. The number of nitrogens with zero attached hydrogens (tertiary/aromatic N) is 5. The van der Waals surface area contributed by atoms with E-state index in [-0.39, 0.29) is 35.0 Å². The van der Waals surface area contributed by atoms with Gasteiger partial charge in [0.15, 0.2) is 11.8 Å². The molecule has 0 spiro atoms. The van der Waals surface area contributed by atoms with Crippen molar-refractivity contribution in [3.8, 4) is 22.9 Å². The van der Waals surface area contributed by atoms with Crippen LogP contribution in [0.2, 0.25) is 0 Å². The van der Waals surface area contributed by atoms with Crippen LogP contribution in [0.3, 0.4) is 0 Å². The van der Waals surface area contributed by atoms with Gasteiger partial charge in [0.05, 0.1) is 30.5 Å². The Bertz CT molecular complexity index is 1530. The highest BCUT2D eigenvalue weighted by atomic mass is 19.4. The molecule has 0 saturated carbocycles. The first-order chi connectivity index (χ1) is 17.0. The van der Waals surface area contributed by atoms with Gasteiger partial charge in [-0.05, 0) is 12.1 Å². The first kappa shape index (κ1) is 23.3. The molecule has 0 unspecified atom stereocenters. The summed E-state index contributed by atoms with van der Waals surface area (Å²) in [5, 5.41) is 4.25. The van der Waals surface area contributed by atoms with Crippen molar-refractivity contribution < 1.29 is 31.4 Å². The van der Waals surface area contributed by atoms with E-state index in [9.17, 15) is 31.5 Å². The number of halogens is 5. The molecule has 0 aliphatic carbocycles. The Balaban J connectivity index is 1.43. The van der Waals surface area contributed by atoms with Crippen LogP contribution in [0.5, 0.6) is 11.6 Å². The van der Waals surface area contributed by atoms with E-state index < -0.39 is 41.9 Å². The minimum absolute atomic E-state index is 0.00410. The number of rotatable bonds is 5. The maximum atomic E-state index is 14.9. The Hall–Kier alpha value is -4.50. The molecule has 4 aromatic heterocycles. The summed E-state index contributed by atoms with van der Waals surface area (Å²) in [5.41, 5.74) is -0.934. The third kappa shape index (κ3) is 4.56. The number of alkyl halides is 5.